The van der Waals surface area contributed by atoms with E-state index in [1.165, 1.54) is 11.1 Å². The first-order chi connectivity index (χ1) is 10.6. The largest absolute Gasteiger partial charge is 0.497 e. The lowest BCUT2D eigenvalue weighted by atomic mass is 10.1. The number of nitrogens with zero attached hydrogens (tertiary/aromatic N) is 1. The summed E-state index contributed by atoms with van der Waals surface area (Å²) >= 11 is 1.60. The second-order valence-electron chi connectivity index (χ2n) is 5.27. The van der Waals surface area contributed by atoms with Crippen LogP contribution in [0.25, 0.3) is 11.3 Å². The van der Waals surface area contributed by atoms with Crippen molar-refractivity contribution in [2.45, 2.75) is 13.8 Å². The molecule has 1 heterocycles. The molecule has 3 nitrogen and oxygen atoms in total. The van der Waals surface area contributed by atoms with E-state index in [0.29, 0.717) is 0 Å². The van der Waals surface area contributed by atoms with Gasteiger partial charge in [-0.25, -0.2) is 4.98 Å². The average molecular weight is 310 g/mol. The van der Waals surface area contributed by atoms with Gasteiger partial charge in [-0.2, -0.15) is 0 Å². The van der Waals surface area contributed by atoms with Crippen LogP contribution in [0.3, 0.4) is 0 Å². The Morgan fingerprint density at radius 3 is 2.55 bits per heavy atom. The third-order valence-corrected chi connectivity index (χ3v) is 4.10. The van der Waals surface area contributed by atoms with Crippen molar-refractivity contribution in [1.29, 1.82) is 0 Å². The Morgan fingerprint density at radius 1 is 1.05 bits per heavy atom. The molecule has 0 aliphatic carbocycles. The summed E-state index contributed by atoms with van der Waals surface area (Å²) in [5, 5.41) is 6.33. The summed E-state index contributed by atoms with van der Waals surface area (Å²) < 4.78 is 5.27. The van der Waals surface area contributed by atoms with E-state index in [1.807, 2.05) is 24.3 Å². The molecule has 0 spiro atoms. The van der Waals surface area contributed by atoms with Crippen LogP contribution in [-0.4, -0.2) is 12.1 Å². The van der Waals surface area contributed by atoms with Crippen LogP contribution < -0.4 is 10.1 Å². The Labute approximate surface area is 134 Å². The molecule has 0 fully saturated rings. The predicted molar refractivity (Wildman–Crippen MR) is 93.3 cm³/mol. The van der Waals surface area contributed by atoms with Crippen molar-refractivity contribution < 1.29 is 4.74 Å². The van der Waals surface area contributed by atoms with Crippen molar-refractivity contribution in [3.63, 3.8) is 0 Å². The molecule has 22 heavy (non-hydrogen) atoms. The fourth-order valence-electron chi connectivity index (χ4n) is 2.42. The molecular formula is C18H18N2OS. The summed E-state index contributed by atoms with van der Waals surface area (Å²) in [6.45, 7) is 4.20. The minimum Gasteiger partial charge on any atom is -0.497 e. The van der Waals surface area contributed by atoms with Crippen molar-refractivity contribution in [3.8, 4) is 17.0 Å². The zero-order valence-corrected chi connectivity index (χ0v) is 13.7. The van der Waals surface area contributed by atoms with Gasteiger partial charge in [-0.15, -0.1) is 11.3 Å². The topological polar surface area (TPSA) is 34.1 Å². The Bertz CT molecular complexity index is 775. The maximum atomic E-state index is 5.27. The molecule has 0 atom stereocenters. The van der Waals surface area contributed by atoms with Crippen LogP contribution in [0.15, 0.2) is 47.8 Å². The standard InChI is InChI=1S/C18H18N2OS/c1-12-7-13(2)9-15(8-12)19-18-20-17(11-22-18)14-5-4-6-16(10-14)21-3/h4-11H,1-3H3,(H,19,20). The van der Waals surface area contributed by atoms with E-state index in [0.717, 1.165) is 27.8 Å². The number of thiazole rings is 1. The van der Waals surface area contributed by atoms with Gasteiger partial charge >= 0.3 is 0 Å². The summed E-state index contributed by atoms with van der Waals surface area (Å²) in [5.74, 6) is 0.842. The first kappa shape index (κ1) is 14.6. The van der Waals surface area contributed by atoms with Crippen molar-refractivity contribution in [1.82, 2.24) is 4.98 Å². The molecule has 0 bridgehead atoms. The predicted octanol–water partition coefficient (Wildman–Crippen LogP) is 5.18. The van der Waals surface area contributed by atoms with E-state index in [2.05, 4.69) is 47.7 Å². The molecule has 0 radical (unpaired) electrons. The molecule has 112 valence electrons. The summed E-state index contributed by atoms with van der Waals surface area (Å²) in [6.07, 6.45) is 0. The second-order valence-corrected chi connectivity index (χ2v) is 6.13. The number of aryl methyl sites for hydroxylation is 2. The summed E-state index contributed by atoms with van der Waals surface area (Å²) in [7, 11) is 1.67. The molecular weight excluding hydrogens is 292 g/mol. The van der Waals surface area contributed by atoms with Crippen LogP contribution in [0.1, 0.15) is 11.1 Å². The lowest BCUT2D eigenvalue weighted by Gasteiger charge is -2.05. The SMILES string of the molecule is COc1cccc(-c2csc(Nc3cc(C)cc(C)c3)n2)c1. The van der Waals surface area contributed by atoms with Crippen LogP contribution in [0.2, 0.25) is 0 Å². The highest BCUT2D eigenvalue weighted by Crippen LogP contribution is 2.29. The van der Waals surface area contributed by atoms with Crippen molar-refractivity contribution in [2.24, 2.45) is 0 Å². The molecule has 1 N–H and O–H groups in total. The van der Waals surface area contributed by atoms with Crippen LogP contribution in [0.4, 0.5) is 10.8 Å². The fraction of sp³-hybridized carbons (Fsp3) is 0.167. The monoisotopic (exact) mass is 310 g/mol. The van der Waals surface area contributed by atoms with Crippen LogP contribution in [-0.2, 0) is 0 Å². The van der Waals surface area contributed by atoms with Gasteiger partial charge in [-0.05, 0) is 49.2 Å². The highest BCUT2D eigenvalue weighted by molar-refractivity contribution is 7.14. The fourth-order valence-corrected chi connectivity index (χ4v) is 3.16. The van der Waals surface area contributed by atoms with Gasteiger partial charge in [0.15, 0.2) is 5.13 Å². The number of aromatic nitrogens is 1. The van der Waals surface area contributed by atoms with E-state index in [-0.39, 0.29) is 0 Å². The summed E-state index contributed by atoms with van der Waals surface area (Å²) in [5.41, 5.74) is 5.57. The van der Waals surface area contributed by atoms with Gasteiger partial charge in [-0.3, -0.25) is 0 Å². The molecule has 4 heteroatoms. The van der Waals surface area contributed by atoms with E-state index < -0.39 is 0 Å². The molecule has 2 aromatic carbocycles. The Kier molecular flexibility index (Phi) is 4.11. The van der Waals surface area contributed by atoms with Crippen LogP contribution in [0, 0.1) is 13.8 Å². The van der Waals surface area contributed by atoms with Gasteiger partial charge < -0.3 is 10.1 Å². The van der Waals surface area contributed by atoms with Gasteiger partial charge in [0.1, 0.15) is 5.75 Å². The minimum atomic E-state index is 0.842. The zero-order valence-electron chi connectivity index (χ0n) is 12.9. The third kappa shape index (κ3) is 3.28. The maximum absolute atomic E-state index is 5.27. The quantitative estimate of drug-likeness (QED) is 0.721. The first-order valence-corrected chi connectivity index (χ1v) is 7.97. The number of methoxy groups -OCH3 is 1. The lowest BCUT2D eigenvalue weighted by molar-refractivity contribution is 0.415. The van der Waals surface area contributed by atoms with Crippen molar-refractivity contribution in [2.75, 3.05) is 12.4 Å². The Morgan fingerprint density at radius 2 is 1.82 bits per heavy atom. The molecule has 0 saturated heterocycles. The van der Waals surface area contributed by atoms with Gasteiger partial charge in [0, 0.05) is 16.6 Å². The molecule has 1 aromatic heterocycles. The lowest BCUT2D eigenvalue weighted by Crippen LogP contribution is -1.91. The summed E-state index contributed by atoms with van der Waals surface area (Å²) in [4.78, 5) is 4.66. The van der Waals surface area contributed by atoms with Crippen LogP contribution >= 0.6 is 11.3 Å². The molecule has 0 amide bonds. The van der Waals surface area contributed by atoms with Crippen molar-refractivity contribution >= 4 is 22.2 Å². The van der Waals surface area contributed by atoms with Gasteiger partial charge in [-0.1, -0.05) is 18.2 Å². The Hall–Kier alpha value is -2.33. The molecule has 0 unspecified atom stereocenters. The van der Waals surface area contributed by atoms with Gasteiger partial charge in [0.25, 0.3) is 0 Å². The number of rotatable bonds is 4. The summed E-state index contributed by atoms with van der Waals surface area (Å²) in [6, 6.07) is 14.4. The number of benzene rings is 2. The molecule has 3 rings (SSSR count). The van der Waals surface area contributed by atoms with E-state index in [9.17, 15) is 0 Å². The minimum absolute atomic E-state index is 0.842. The van der Waals surface area contributed by atoms with Crippen molar-refractivity contribution in [3.05, 3.63) is 59.0 Å². The molecule has 0 aliphatic heterocycles. The molecule has 0 aliphatic rings. The van der Waals surface area contributed by atoms with Gasteiger partial charge in [0.2, 0.25) is 0 Å². The smallest absolute Gasteiger partial charge is 0.187 e. The molecule has 3 aromatic rings. The maximum Gasteiger partial charge on any atom is 0.187 e. The highest BCUT2D eigenvalue weighted by Gasteiger charge is 2.06. The highest BCUT2D eigenvalue weighted by atomic mass is 32.1. The number of nitrogens with one attached hydrogen (secondary N) is 1. The zero-order chi connectivity index (χ0) is 15.5. The second kappa shape index (κ2) is 6.20. The Balaban J connectivity index is 1.84. The molecule has 0 saturated carbocycles. The third-order valence-electron chi connectivity index (χ3n) is 3.34. The number of hydrogen-bond donors (Lipinski definition) is 1. The normalized spacial score (nSPS) is 10.5. The average Bonchev–Trinajstić information content (AvgIpc) is 2.95. The van der Waals surface area contributed by atoms with Crippen LogP contribution in [0.5, 0.6) is 5.75 Å². The van der Waals surface area contributed by atoms with E-state index in [1.54, 1.807) is 18.4 Å². The first-order valence-electron chi connectivity index (χ1n) is 7.09. The number of hydrogen-bond acceptors (Lipinski definition) is 4. The van der Waals surface area contributed by atoms with Gasteiger partial charge in [0.05, 0.1) is 12.8 Å². The number of anilines is 2. The number of ether oxygens (including phenoxy) is 1. The van der Waals surface area contributed by atoms with E-state index in [4.69, 9.17) is 4.74 Å². The van der Waals surface area contributed by atoms with E-state index >= 15 is 0 Å².